The number of hydrogen-bond donors (Lipinski definition) is 2. The maximum Gasteiger partial charge on any atom is 0.124 e. The van der Waals surface area contributed by atoms with Gasteiger partial charge in [0, 0.05) is 28.3 Å². The Morgan fingerprint density at radius 1 is 1.44 bits per heavy atom. The van der Waals surface area contributed by atoms with E-state index in [2.05, 4.69) is 40.7 Å². The molecule has 98 valence electrons. The summed E-state index contributed by atoms with van der Waals surface area (Å²) in [7, 11) is 0. The van der Waals surface area contributed by atoms with Gasteiger partial charge in [0.05, 0.1) is 0 Å². The molecule has 1 fully saturated rings. The van der Waals surface area contributed by atoms with Gasteiger partial charge in [0.15, 0.2) is 0 Å². The van der Waals surface area contributed by atoms with E-state index in [9.17, 15) is 0 Å². The van der Waals surface area contributed by atoms with Crippen molar-refractivity contribution in [1.82, 2.24) is 0 Å². The fourth-order valence-electron chi connectivity index (χ4n) is 2.65. The predicted molar refractivity (Wildman–Crippen MR) is 80.4 cm³/mol. The van der Waals surface area contributed by atoms with E-state index < -0.39 is 0 Å². The number of nitrogens with two attached hydrogens (primary N) is 1. The van der Waals surface area contributed by atoms with Gasteiger partial charge in [-0.2, -0.15) is 0 Å². The topological polar surface area (TPSA) is 53.1 Å². The van der Waals surface area contributed by atoms with Crippen LogP contribution in [0.4, 0.5) is 5.69 Å². The van der Waals surface area contributed by atoms with Crippen molar-refractivity contribution in [2.24, 2.45) is 11.7 Å². The zero-order chi connectivity index (χ0) is 13.3. The fraction of sp³-hybridized carbons (Fsp3) is 0.500. The van der Waals surface area contributed by atoms with Crippen LogP contribution in [0.15, 0.2) is 22.7 Å². The molecule has 2 atom stereocenters. The van der Waals surface area contributed by atoms with Crippen molar-refractivity contribution in [1.29, 1.82) is 5.41 Å². The Balaban J connectivity index is 2.42. The van der Waals surface area contributed by atoms with Gasteiger partial charge >= 0.3 is 0 Å². The highest BCUT2D eigenvalue weighted by Gasteiger charge is 2.26. The van der Waals surface area contributed by atoms with Crippen LogP contribution in [0.3, 0.4) is 0 Å². The summed E-state index contributed by atoms with van der Waals surface area (Å²) in [6.45, 7) is 5.60. The lowest BCUT2D eigenvalue weighted by atomic mass is 9.91. The highest BCUT2D eigenvalue weighted by molar-refractivity contribution is 9.10. The number of anilines is 1. The zero-order valence-electron chi connectivity index (χ0n) is 10.9. The molecule has 0 aliphatic carbocycles. The Labute approximate surface area is 117 Å². The molecule has 0 radical (unpaired) electrons. The first-order valence-electron chi connectivity index (χ1n) is 6.41. The van der Waals surface area contributed by atoms with Crippen molar-refractivity contribution < 1.29 is 0 Å². The molecule has 0 amide bonds. The molecule has 0 aromatic heterocycles. The molecule has 0 spiro atoms. The van der Waals surface area contributed by atoms with Crippen molar-refractivity contribution in [2.45, 2.75) is 32.7 Å². The minimum absolute atomic E-state index is 0.142. The number of nitrogens with one attached hydrogen (secondary N) is 1. The Morgan fingerprint density at radius 2 is 2.17 bits per heavy atom. The van der Waals surface area contributed by atoms with Crippen LogP contribution in [0.25, 0.3) is 0 Å². The maximum atomic E-state index is 7.72. The van der Waals surface area contributed by atoms with Crippen LogP contribution in [0.2, 0.25) is 0 Å². The monoisotopic (exact) mass is 309 g/mol. The van der Waals surface area contributed by atoms with E-state index in [4.69, 9.17) is 11.1 Å². The molecule has 1 aromatic carbocycles. The Morgan fingerprint density at radius 3 is 2.83 bits per heavy atom. The van der Waals surface area contributed by atoms with Gasteiger partial charge in [0.2, 0.25) is 0 Å². The van der Waals surface area contributed by atoms with Gasteiger partial charge in [0.1, 0.15) is 5.84 Å². The second-order valence-corrected chi connectivity index (χ2v) is 6.04. The minimum atomic E-state index is 0.142. The summed E-state index contributed by atoms with van der Waals surface area (Å²) in [6.07, 6.45) is 2.48. The second-order valence-electron chi connectivity index (χ2n) is 5.13. The molecule has 0 bridgehead atoms. The van der Waals surface area contributed by atoms with Gasteiger partial charge in [0.25, 0.3) is 0 Å². The number of hydrogen-bond acceptors (Lipinski definition) is 2. The van der Waals surface area contributed by atoms with Gasteiger partial charge in [-0.1, -0.05) is 22.9 Å². The van der Waals surface area contributed by atoms with E-state index in [1.54, 1.807) is 0 Å². The number of halogens is 1. The first-order valence-corrected chi connectivity index (χ1v) is 7.20. The van der Waals surface area contributed by atoms with Crippen LogP contribution >= 0.6 is 15.9 Å². The molecule has 3 nitrogen and oxygen atoms in total. The number of nitrogens with zero attached hydrogens (tertiary/aromatic N) is 1. The van der Waals surface area contributed by atoms with E-state index in [0.717, 1.165) is 22.3 Å². The first-order chi connectivity index (χ1) is 8.50. The summed E-state index contributed by atoms with van der Waals surface area (Å²) in [5.41, 5.74) is 7.60. The summed E-state index contributed by atoms with van der Waals surface area (Å²) < 4.78 is 1.04. The van der Waals surface area contributed by atoms with Crippen LogP contribution in [0.1, 0.15) is 32.3 Å². The van der Waals surface area contributed by atoms with Crippen LogP contribution in [-0.4, -0.2) is 18.4 Å². The third-order valence-corrected chi connectivity index (χ3v) is 4.43. The lowest BCUT2D eigenvalue weighted by Gasteiger charge is -2.40. The second kappa shape index (κ2) is 5.31. The van der Waals surface area contributed by atoms with Crippen molar-refractivity contribution in [3.8, 4) is 0 Å². The summed E-state index contributed by atoms with van der Waals surface area (Å²) in [4.78, 5) is 2.38. The molecule has 0 saturated carbocycles. The largest absolute Gasteiger partial charge is 0.384 e. The lowest BCUT2D eigenvalue weighted by molar-refractivity contribution is 0.363. The quantitative estimate of drug-likeness (QED) is 0.650. The Hall–Kier alpha value is -1.03. The van der Waals surface area contributed by atoms with E-state index in [1.165, 1.54) is 12.8 Å². The van der Waals surface area contributed by atoms with E-state index in [-0.39, 0.29) is 5.84 Å². The van der Waals surface area contributed by atoms with E-state index >= 15 is 0 Å². The molecular formula is C14H20BrN3. The van der Waals surface area contributed by atoms with Crippen LogP contribution in [0.5, 0.6) is 0 Å². The van der Waals surface area contributed by atoms with Crippen LogP contribution in [0, 0.1) is 11.3 Å². The zero-order valence-corrected chi connectivity index (χ0v) is 12.5. The molecule has 1 aliphatic heterocycles. The highest BCUT2D eigenvalue weighted by Crippen LogP contribution is 2.32. The first kappa shape index (κ1) is 13.4. The van der Waals surface area contributed by atoms with Gasteiger partial charge in [-0.15, -0.1) is 0 Å². The molecular weight excluding hydrogens is 290 g/mol. The summed E-state index contributed by atoms with van der Waals surface area (Å²) >= 11 is 3.51. The summed E-state index contributed by atoms with van der Waals surface area (Å²) in [5.74, 6) is 0.820. The smallest absolute Gasteiger partial charge is 0.124 e. The molecule has 4 heteroatoms. The summed E-state index contributed by atoms with van der Waals surface area (Å²) in [6, 6.07) is 6.43. The molecule has 1 heterocycles. The Kier molecular flexibility index (Phi) is 3.95. The number of rotatable bonds is 2. The van der Waals surface area contributed by atoms with E-state index in [1.807, 2.05) is 12.1 Å². The fourth-order valence-corrected chi connectivity index (χ4v) is 2.99. The molecule has 1 aromatic rings. The predicted octanol–water partition coefficient (Wildman–Crippen LogP) is 3.36. The van der Waals surface area contributed by atoms with Gasteiger partial charge in [-0.05, 0) is 43.9 Å². The van der Waals surface area contributed by atoms with Crippen molar-refractivity contribution in [2.75, 3.05) is 11.4 Å². The molecule has 2 unspecified atom stereocenters. The Bertz CT molecular complexity index is 458. The number of piperidine rings is 1. The SMILES string of the molecule is CC1CCCN(c2cc(Br)ccc2C(=N)N)C1C. The number of nitrogen functional groups attached to an aromatic ring is 1. The average Bonchev–Trinajstić information content (AvgIpc) is 2.32. The van der Waals surface area contributed by atoms with Crippen molar-refractivity contribution in [3.63, 3.8) is 0 Å². The number of amidine groups is 1. The van der Waals surface area contributed by atoms with Gasteiger partial charge in [-0.3, -0.25) is 5.41 Å². The maximum absolute atomic E-state index is 7.72. The third kappa shape index (κ3) is 2.53. The number of benzene rings is 1. The molecule has 18 heavy (non-hydrogen) atoms. The third-order valence-electron chi connectivity index (χ3n) is 3.93. The van der Waals surface area contributed by atoms with E-state index in [0.29, 0.717) is 12.0 Å². The molecule has 1 saturated heterocycles. The highest BCUT2D eigenvalue weighted by atomic mass is 79.9. The lowest BCUT2D eigenvalue weighted by Crippen LogP contribution is -2.43. The van der Waals surface area contributed by atoms with Crippen molar-refractivity contribution >= 4 is 27.5 Å². The minimum Gasteiger partial charge on any atom is -0.384 e. The van der Waals surface area contributed by atoms with Gasteiger partial charge in [-0.25, -0.2) is 0 Å². The van der Waals surface area contributed by atoms with Crippen molar-refractivity contribution in [3.05, 3.63) is 28.2 Å². The molecule has 3 N–H and O–H groups in total. The average molecular weight is 310 g/mol. The normalized spacial score (nSPS) is 24.1. The standard InChI is InChI=1S/C14H20BrN3/c1-9-4-3-7-18(10(9)2)13-8-11(15)5-6-12(13)14(16)17/h5-6,8-10H,3-4,7H2,1-2H3,(H3,16,17). The molecule has 2 rings (SSSR count). The van der Waals surface area contributed by atoms with Crippen LogP contribution in [-0.2, 0) is 0 Å². The van der Waals surface area contributed by atoms with Gasteiger partial charge < -0.3 is 10.6 Å². The molecule has 1 aliphatic rings. The van der Waals surface area contributed by atoms with Crippen LogP contribution < -0.4 is 10.6 Å². The summed E-state index contributed by atoms with van der Waals surface area (Å²) in [5, 5.41) is 7.72.